The molecule has 0 aromatic carbocycles. The van der Waals surface area contributed by atoms with Crippen LogP contribution < -0.4 is 0 Å². The van der Waals surface area contributed by atoms with Crippen molar-refractivity contribution >= 4 is 17.6 Å². The molecule has 0 N–H and O–H groups in total. The van der Waals surface area contributed by atoms with Gasteiger partial charge in [0.2, 0.25) is 6.29 Å². The van der Waals surface area contributed by atoms with Crippen LogP contribution in [0.3, 0.4) is 0 Å². The van der Waals surface area contributed by atoms with Crippen LogP contribution in [0.25, 0.3) is 5.52 Å². The van der Waals surface area contributed by atoms with Gasteiger partial charge in [0.25, 0.3) is 5.82 Å². The number of hydrogen-bond acceptors (Lipinski definition) is 4. The SMILES string of the molecule is Cc1cccn2c(C=O)nc([N+](=O)[O-])c12. The largest absolute Gasteiger partial charge is 0.390 e. The van der Waals surface area contributed by atoms with Crippen molar-refractivity contribution in [3.63, 3.8) is 0 Å². The van der Waals surface area contributed by atoms with Crippen LogP contribution in [0, 0.1) is 17.0 Å². The van der Waals surface area contributed by atoms with E-state index in [1.807, 2.05) is 0 Å². The summed E-state index contributed by atoms with van der Waals surface area (Å²) in [6.45, 7) is 1.73. The molecule has 0 bridgehead atoms. The van der Waals surface area contributed by atoms with Crippen LogP contribution in [-0.4, -0.2) is 20.6 Å². The first-order valence-corrected chi connectivity index (χ1v) is 4.22. The van der Waals surface area contributed by atoms with Gasteiger partial charge in [0.1, 0.15) is 0 Å². The van der Waals surface area contributed by atoms with Crippen molar-refractivity contribution in [1.29, 1.82) is 0 Å². The molecule has 6 heteroatoms. The number of nitrogens with zero attached hydrogens (tertiary/aromatic N) is 3. The summed E-state index contributed by atoms with van der Waals surface area (Å²) in [5.41, 5.74) is 1.08. The molecule has 0 saturated carbocycles. The summed E-state index contributed by atoms with van der Waals surface area (Å²) in [6, 6.07) is 3.44. The van der Waals surface area contributed by atoms with Gasteiger partial charge in [-0.05, 0) is 28.5 Å². The second-order valence-corrected chi connectivity index (χ2v) is 3.08. The summed E-state index contributed by atoms with van der Waals surface area (Å²) in [5.74, 6) is -0.240. The number of rotatable bonds is 2. The molecule has 0 radical (unpaired) electrons. The molecule has 0 fully saturated rings. The molecule has 15 heavy (non-hydrogen) atoms. The fourth-order valence-electron chi connectivity index (χ4n) is 1.52. The Bertz CT molecular complexity index is 559. The number of pyridine rings is 1. The molecule has 0 spiro atoms. The van der Waals surface area contributed by atoms with Crippen LogP contribution in [-0.2, 0) is 0 Å². The Labute approximate surface area is 84.3 Å². The van der Waals surface area contributed by atoms with Crippen LogP contribution in [0.5, 0.6) is 0 Å². The maximum Gasteiger partial charge on any atom is 0.390 e. The Hall–Kier alpha value is -2.24. The summed E-state index contributed by atoms with van der Waals surface area (Å²) < 4.78 is 1.42. The monoisotopic (exact) mass is 205 g/mol. The molecule has 0 amide bonds. The van der Waals surface area contributed by atoms with E-state index in [1.165, 1.54) is 4.40 Å². The quantitative estimate of drug-likeness (QED) is 0.421. The molecule has 2 heterocycles. The zero-order valence-electron chi connectivity index (χ0n) is 7.88. The minimum absolute atomic E-state index is 0.0420. The van der Waals surface area contributed by atoms with E-state index < -0.39 is 4.92 Å². The van der Waals surface area contributed by atoms with Crippen LogP contribution in [0.15, 0.2) is 18.3 Å². The average Bonchev–Trinajstić information content (AvgIpc) is 2.58. The van der Waals surface area contributed by atoms with Crippen molar-refractivity contribution < 1.29 is 9.72 Å². The Kier molecular flexibility index (Phi) is 1.96. The van der Waals surface area contributed by atoms with Gasteiger partial charge in [-0.15, -0.1) is 0 Å². The van der Waals surface area contributed by atoms with Crippen molar-refractivity contribution in [2.45, 2.75) is 6.92 Å². The highest BCUT2D eigenvalue weighted by atomic mass is 16.6. The van der Waals surface area contributed by atoms with Gasteiger partial charge in [-0.1, -0.05) is 6.07 Å². The lowest BCUT2D eigenvalue weighted by Crippen LogP contribution is -1.92. The molecule has 2 aromatic heterocycles. The van der Waals surface area contributed by atoms with Gasteiger partial charge in [-0.25, -0.2) is 0 Å². The zero-order valence-corrected chi connectivity index (χ0v) is 7.88. The lowest BCUT2D eigenvalue weighted by atomic mass is 10.2. The number of imidazole rings is 1. The number of aldehydes is 1. The van der Waals surface area contributed by atoms with Crippen molar-refractivity contribution in [3.05, 3.63) is 39.8 Å². The molecule has 2 rings (SSSR count). The van der Waals surface area contributed by atoms with Crippen LogP contribution in [0.4, 0.5) is 5.82 Å². The van der Waals surface area contributed by atoms with E-state index in [4.69, 9.17) is 0 Å². The summed E-state index contributed by atoms with van der Waals surface area (Å²) >= 11 is 0. The summed E-state index contributed by atoms with van der Waals surface area (Å²) in [7, 11) is 0. The maximum absolute atomic E-state index is 10.7. The van der Waals surface area contributed by atoms with Crippen molar-refractivity contribution in [2.24, 2.45) is 0 Å². The molecule has 0 aliphatic rings. The molecule has 0 atom stereocenters. The van der Waals surface area contributed by atoms with Gasteiger partial charge in [-0.3, -0.25) is 9.20 Å². The highest BCUT2D eigenvalue weighted by molar-refractivity contribution is 5.78. The van der Waals surface area contributed by atoms with Crippen LogP contribution in [0.2, 0.25) is 0 Å². The Morgan fingerprint density at radius 3 is 2.93 bits per heavy atom. The van der Waals surface area contributed by atoms with Crippen molar-refractivity contribution in [2.75, 3.05) is 0 Å². The first-order valence-electron chi connectivity index (χ1n) is 4.22. The van der Waals surface area contributed by atoms with Gasteiger partial charge in [0.05, 0.1) is 0 Å². The Balaban J connectivity index is 2.94. The molecule has 0 aliphatic heterocycles. The fraction of sp³-hybridized carbons (Fsp3) is 0.111. The Morgan fingerprint density at radius 1 is 1.60 bits per heavy atom. The molecule has 0 aliphatic carbocycles. The third-order valence-electron chi connectivity index (χ3n) is 2.15. The predicted octanol–water partition coefficient (Wildman–Crippen LogP) is 1.36. The van der Waals surface area contributed by atoms with Crippen LogP contribution >= 0.6 is 0 Å². The van der Waals surface area contributed by atoms with Gasteiger partial charge in [0, 0.05) is 6.20 Å². The topological polar surface area (TPSA) is 77.5 Å². The average molecular weight is 205 g/mol. The van der Waals surface area contributed by atoms with Gasteiger partial charge in [0.15, 0.2) is 5.52 Å². The number of aromatic nitrogens is 2. The van der Waals surface area contributed by atoms with E-state index >= 15 is 0 Å². The molecule has 0 unspecified atom stereocenters. The standard InChI is InChI=1S/C9H7N3O3/c1-6-3-2-4-11-7(5-13)10-9(8(6)11)12(14)15/h2-5H,1H3. The number of hydrogen-bond donors (Lipinski definition) is 0. The Morgan fingerprint density at radius 2 is 2.33 bits per heavy atom. The highest BCUT2D eigenvalue weighted by Gasteiger charge is 2.22. The third-order valence-corrected chi connectivity index (χ3v) is 2.15. The minimum atomic E-state index is -0.588. The van der Waals surface area contributed by atoms with Crippen molar-refractivity contribution in [1.82, 2.24) is 9.38 Å². The number of carbonyl (C=O) groups excluding carboxylic acids is 1. The van der Waals surface area contributed by atoms with E-state index in [2.05, 4.69) is 4.98 Å². The third kappa shape index (κ3) is 1.26. The fourth-order valence-corrected chi connectivity index (χ4v) is 1.52. The van der Waals surface area contributed by atoms with E-state index in [-0.39, 0.29) is 11.6 Å². The molecule has 2 aromatic rings. The zero-order chi connectivity index (χ0) is 11.0. The van der Waals surface area contributed by atoms with E-state index in [9.17, 15) is 14.9 Å². The van der Waals surface area contributed by atoms with Gasteiger partial charge < -0.3 is 10.1 Å². The maximum atomic E-state index is 10.7. The smallest absolute Gasteiger partial charge is 0.358 e. The first-order chi connectivity index (χ1) is 7.15. The summed E-state index contributed by atoms with van der Waals surface area (Å²) in [6.07, 6.45) is 2.07. The number of aryl methyl sites for hydroxylation is 1. The van der Waals surface area contributed by atoms with E-state index in [0.717, 1.165) is 0 Å². The second kappa shape index (κ2) is 3.16. The molecule has 0 saturated heterocycles. The summed E-state index contributed by atoms with van der Waals surface area (Å²) in [4.78, 5) is 24.4. The molecular formula is C9H7N3O3. The van der Waals surface area contributed by atoms with Gasteiger partial charge >= 0.3 is 5.82 Å². The highest BCUT2D eigenvalue weighted by Crippen LogP contribution is 2.22. The number of fused-ring (bicyclic) bond motifs is 1. The van der Waals surface area contributed by atoms with Crippen molar-refractivity contribution in [3.8, 4) is 0 Å². The number of carbonyl (C=O) groups is 1. The lowest BCUT2D eigenvalue weighted by molar-refractivity contribution is -0.387. The minimum Gasteiger partial charge on any atom is -0.358 e. The number of nitro groups is 1. The van der Waals surface area contributed by atoms with E-state index in [0.29, 0.717) is 17.4 Å². The second-order valence-electron chi connectivity index (χ2n) is 3.08. The summed E-state index contributed by atoms with van der Waals surface area (Å²) in [5, 5.41) is 10.7. The first kappa shape index (κ1) is 9.32. The van der Waals surface area contributed by atoms with Gasteiger partial charge in [-0.2, -0.15) is 0 Å². The lowest BCUT2D eigenvalue weighted by Gasteiger charge is -1.96. The molecular weight excluding hydrogens is 198 g/mol. The predicted molar refractivity (Wildman–Crippen MR) is 52.0 cm³/mol. The normalized spacial score (nSPS) is 10.5. The molecule has 76 valence electrons. The molecule has 6 nitrogen and oxygen atoms in total. The van der Waals surface area contributed by atoms with Crippen LogP contribution in [0.1, 0.15) is 16.2 Å². The van der Waals surface area contributed by atoms with E-state index in [1.54, 1.807) is 25.3 Å².